The summed E-state index contributed by atoms with van der Waals surface area (Å²) in [6, 6.07) is 0.0177. The first-order chi connectivity index (χ1) is 18.6. The minimum Gasteiger partial charge on any atom is -0.462 e. The number of hydrogen-bond donors (Lipinski definition) is 4. The largest absolute Gasteiger partial charge is 0.462 e. The minimum atomic E-state index is -4.00. The Kier molecular flexibility index (Phi) is 13.1. The summed E-state index contributed by atoms with van der Waals surface area (Å²) in [6.07, 6.45) is -2.92. The molecular weight excluding hydrogens is 589 g/mol. The summed E-state index contributed by atoms with van der Waals surface area (Å²) >= 11 is 1.53. The summed E-state index contributed by atoms with van der Waals surface area (Å²) in [5, 5.41) is 23.1. The molecule has 14 nitrogen and oxygen atoms in total. The molecular formula is C23H38N3O11PS2. The second-order valence-electron chi connectivity index (χ2n) is 10.3. The van der Waals surface area contributed by atoms with E-state index in [9.17, 15) is 34.0 Å². The van der Waals surface area contributed by atoms with Crippen molar-refractivity contribution in [2.24, 2.45) is 11.3 Å². The van der Waals surface area contributed by atoms with Crippen molar-refractivity contribution in [3.8, 4) is 0 Å². The third-order valence-corrected chi connectivity index (χ3v) is 9.93. The van der Waals surface area contributed by atoms with Gasteiger partial charge in [-0.2, -0.15) is 0 Å². The van der Waals surface area contributed by atoms with Gasteiger partial charge in [0.2, 0.25) is 0 Å². The van der Waals surface area contributed by atoms with E-state index in [1.807, 2.05) is 0 Å². The van der Waals surface area contributed by atoms with Gasteiger partial charge in [-0.1, -0.05) is 32.5 Å². The average Bonchev–Trinajstić information content (AvgIpc) is 3.16. The van der Waals surface area contributed by atoms with Gasteiger partial charge in [-0.05, 0) is 20.8 Å². The zero-order valence-corrected chi connectivity index (χ0v) is 25.8. The highest BCUT2D eigenvalue weighted by atomic mass is 32.7. The Balaban J connectivity index is 2.12. The lowest BCUT2D eigenvalue weighted by Gasteiger charge is -2.24. The van der Waals surface area contributed by atoms with E-state index < -0.39 is 79.1 Å². The number of carbonyl (C=O) groups is 2. The Hall–Kier alpha value is -1.49. The first-order valence-corrected chi connectivity index (χ1v) is 16.5. The lowest BCUT2D eigenvalue weighted by molar-refractivity contribution is -0.149. The Bertz CT molecular complexity index is 1170. The zero-order chi connectivity index (χ0) is 30.3. The first-order valence-electron chi connectivity index (χ1n) is 12.5. The molecule has 0 saturated carbocycles. The van der Waals surface area contributed by atoms with E-state index >= 15 is 0 Å². The van der Waals surface area contributed by atoms with Crippen LogP contribution in [0.3, 0.4) is 0 Å². The molecule has 0 amide bonds. The van der Waals surface area contributed by atoms with Gasteiger partial charge >= 0.3 is 18.4 Å². The number of thioether (sulfide) groups is 1. The van der Waals surface area contributed by atoms with Gasteiger partial charge in [0.05, 0.1) is 32.0 Å². The Morgan fingerprint density at radius 1 is 1.27 bits per heavy atom. The highest BCUT2D eigenvalue weighted by molar-refractivity contribution is 8.53. The molecule has 1 fully saturated rings. The smallest absolute Gasteiger partial charge is 0.353 e. The number of rotatable bonds is 14. The Labute approximate surface area is 240 Å². The molecule has 0 radical (unpaired) electrons. The number of nitrogens with zero attached hydrogens (tertiary/aromatic N) is 1. The third-order valence-electron chi connectivity index (χ3n) is 5.49. The van der Waals surface area contributed by atoms with Crippen LogP contribution in [0.15, 0.2) is 21.9 Å². The fourth-order valence-electron chi connectivity index (χ4n) is 3.41. The predicted octanol–water partition coefficient (Wildman–Crippen LogP) is 1.43. The molecule has 1 aromatic rings. The van der Waals surface area contributed by atoms with Crippen LogP contribution in [0.5, 0.6) is 0 Å². The van der Waals surface area contributed by atoms with Crippen LogP contribution in [0.4, 0.5) is 0 Å². The maximum Gasteiger partial charge on any atom is 0.353 e. The van der Waals surface area contributed by atoms with Gasteiger partial charge in [0, 0.05) is 29.3 Å². The van der Waals surface area contributed by atoms with Crippen LogP contribution in [0, 0.1) is 11.3 Å². The molecule has 40 heavy (non-hydrogen) atoms. The zero-order valence-electron chi connectivity index (χ0n) is 23.2. The molecule has 17 heteroatoms. The van der Waals surface area contributed by atoms with Crippen LogP contribution in [0.1, 0.15) is 47.8 Å². The van der Waals surface area contributed by atoms with E-state index in [0.717, 1.165) is 28.6 Å². The van der Waals surface area contributed by atoms with Crippen LogP contribution < -0.4 is 16.3 Å². The van der Waals surface area contributed by atoms with Crippen molar-refractivity contribution in [3.63, 3.8) is 0 Å². The summed E-state index contributed by atoms with van der Waals surface area (Å²) < 4.78 is 36.7. The summed E-state index contributed by atoms with van der Waals surface area (Å²) in [7, 11) is 0. The number of carbonyl (C=O) groups excluding carboxylic acids is 2. The van der Waals surface area contributed by atoms with Crippen molar-refractivity contribution in [1.29, 1.82) is 0 Å². The van der Waals surface area contributed by atoms with Crippen molar-refractivity contribution in [1.82, 2.24) is 14.6 Å². The van der Waals surface area contributed by atoms with E-state index in [0.29, 0.717) is 11.7 Å². The molecule has 0 aromatic carbocycles. The molecule has 6 atom stereocenters. The summed E-state index contributed by atoms with van der Waals surface area (Å²) in [5.41, 5.74) is -1.99. The van der Waals surface area contributed by atoms with Crippen LogP contribution in [0.2, 0.25) is 0 Å². The van der Waals surface area contributed by atoms with E-state index in [1.54, 1.807) is 34.6 Å². The van der Waals surface area contributed by atoms with Gasteiger partial charge in [0.25, 0.3) is 5.56 Å². The Morgan fingerprint density at radius 2 is 1.95 bits per heavy atom. The molecule has 0 aliphatic carbocycles. The molecule has 1 aliphatic heterocycles. The van der Waals surface area contributed by atoms with Gasteiger partial charge in [-0.25, -0.2) is 9.88 Å². The first kappa shape index (κ1) is 34.7. The molecule has 2 rings (SSSR count). The van der Waals surface area contributed by atoms with Gasteiger partial charge in [-0.15, -0.1) is 0 Å². The molecule has 4 N–H and O–H groups in total. The van der Waals surface area contributed by atoms with Crippen molar-refractivity contribution in [2.45, 2.75) is 72.1 Å². The molecule has 0 bridgehead atoms. The lowest BCUT2D eigenvalue weighted by Crippen LogP contribution is -2.37. The number of ether oxygens (including phenoxy) is 2. The third kappa shape index (κ3) is 10.1. The Morgan fingerprint density at radius 3 is 2.52 bits per heavy atom. The number of nitrogens with one attached hydrogen (secondary N) is 2. The predicted molar refractivity (Wildman–Crippen MR) is 150 cm³/mol. The standard InChI is InChI=1S/C23H38N3O11PS2/c1-13(2)36-20(30)14(3)25-38(33,40-35-9-10-39-21(31)23(4,5)6)34-12-16-15(11-27)18(29)19(37-16)26-8-7-17(28)24-22(26)32/h7-8,13-16,18-19,27,29H,9-12H2,1-6H3,(H,25,33)(H,24,28,32)/t14-,15+,16+,18+,19+,38?/m0/s1. The normalized spacial score (nSPS) is 23.6. The SMILES string of the molecule is CC(C)OC(=O)[C@H](C)NP(=O)(OC[C@H]1O[C@@H](n2ccc(=O)[nH]c2=O)[C@H](O)[C@@H]1CO)SOCCSC(=O)C(C)(C)C. The summed E-state index contributed by atoms with van der Waals surface area (Å²) in [5.74, 6) is -1.33. The number of aromatic nitrogens is 2. The molecule has 1 unspecified atom stereocenters. The fourth-order valence-corrected chi connectivity index (χ4v) is 7.23. The summed E-state index contributed by atoms with van der Waals surface area (Å²) in [6.45, 7) is 5.19. The molecule has 2 heterocycles. The van der Waals surface area contributed by atoms with Gasteiger partial charge in [-0.3, -0.25) is 28.5 Å². The maximum absolute atomic E-state index is 13.7. The van der Waals surface area contributed by atoms with Crippen molar-refractivity contribution < 1.29 is 42.5 Å². The molecule has 0 spiro atoms. The molecule has 1 aromatic heterocycles. The monoisotopic (exact) mass is 627 g/mol. The summed E-state index contributed by atoms with van der Waals surface area (Å²) in [4.78, 5) is 50.1. The van der Waals surface area contributed by atoms with Crippen molar-refractivity contribution >= 4 is 41.2 Å². The number of aliphatic hydroxyl groups is 2. The lowest BCUT2D eigenvalue weighted by atomic mass is 9.99. The second-order valence-corrected chi connectivity index (χ2v) is 15.2. The quantitative estimate of drug-likeness (QED) is 0.100. The minimum absolute atomic E-state index is 0.0338. The molecule has 228 valence electrons. The highest BCUT2D eigenvalue weighted by Gasteiger charge is 2.46. The number of hydrogen-bond acceptors (Lipinski definition) is 13. The van der Waals surface area contributed by atoms with E-state index in [4.69, 9.17) is 18.2 Å². The second kappa shape index (κ2) is 15.1. The average molecular weight is 628 g/mol. The van der Waals surface area contributed by atoms with Gasteiger partial charge in [0.15, 0.2) is 11.3 Å². The fraction of sp³-hybridized carbons (Fsp3) is 0.739. The van der Waals surface area contributed by atoms with E-state index in [-0.39, 0.29) is 17.5 Å². The van der Waals surface area contributed by atoms with Crippen molar-refractivity contribution in [3.05, 3.63) is 33.1 Å². The van der Waals surface area contributed by atoms with Crippen LogP contribution in [-0.4, -0.2) is 80.8 Å². The number of aromatic amines is 1. The number of esters is 1. The van der Waals surface area contributed by atoms with E-state index in [1.165, 1.54) is 6.92 Å². The topological polar surface area (TPSA) is 195 Å². The van der Waals surface area contributed by atoms with E-state index in [2.05, 4.69) is 10.1 Å². The van der Waals surface area contributed by atoms with Crippen LogP contribution in [-0.2, 0) is 32.3 Å². The van der Waals surface area contributed by atoms with Gasteiger partial charge in [0.1, 0.15) is 23.8 Å². The highest BCUT2D eigenvalue weighted by Crippen LogP contribution is 2.57. The van der Waals surface area contributed by atoms with Gasteiger partial charge < -0.3 is 28.4 Å². The number of H-pyrrole nitrogens is 1. The maximum atomic E-state index is 13.7. The van der Waals surface area contributed by atoms with Crippen molar-refractivity contribution in [2.75, 3.05) is 25.6 Å². The molecule has 1 aliphatic rings. The molecule has 1 saturated heterocycles. The van der Waals surface area contributed by atoms with Crippen LogP contribution in [0.25, 0.3) is 0 Å². The number of aliphatic hydroxyl groups excluding tert-OH is 2. The van der Waals surface area contributed by atoms with Crippen LogP contribution >= 0.6 is 30.1 Å².